The Balaban J connectivity index is 2.18. The fourth-order valence-electron chi connectivity index (χ4n) is 3.20. The normalized spacial score (nSPS) is 27.1. The first-order valence-electron chi connectivity index (χ1n) is 6.81. The maximum atomic E-state index is 10.6. The number of aromatic nitrogens is 2. The summed E-state index contributed by atoms with van der Waals surface area (Å²) in [7, 11) is 1.93. The highest BCUT2D eigenvalue weighted by atomic mass is 16.3. The van der Waals surface area contributed by atoms with Gasteiger partial charge in [-0.2, -0.15) is 5.10 Å². The Morgan fingerprint density at radius 2 is 2.18 bits per heavy atom. The molecule has 3 nitrogen and oxygen atoms in total. The van der Waals surface area contributed by atoms with E-state index in [-0.39, 0.29) is 6.10 Å². The van der Waals surface area contributed by atoms with Gasteiger partial charge < -0.3 is 5.11 Å². The lowest BCUT2D eigenvalue weighted by molar-refractivity contribution is 0.0447. The summed E-state index contributed by atoms with van der Waals surface area (Å²) >= 11 is 0. The molecular formula is C14H24N2O. The minimum absolute atomic E-state index is 0.325. The fraction of sp³-hybridized carbons (Fsp3) is 0.786. The van der Waals surface area contributed by atoms with Gasteiger partial charge in [-0.1, -0.05) is 32.6 Å². The molecule has 1 aromatic rings. The molecule has 0 bridgehead atoms. The average molecular weight is 236 g/mol. The first-order valence-corrected chi connectivity index (χ1v) is 6.81. The van der Waals surface area contributed by atoms with Gasteiger partial charge in [-0.15, -0.1) is 0 Å². The Morgan fingerprint density at radius 1 is 1.47 bits per heavy atom. The second kappa shape index (κ2) is 5.21. The molecule has 2 rings (SSSR count). The van der Waals surface area contributed by atoms with Crippen LogP contribution in [0.2, 0.25) is 0 Å². The lowest BCUT2D eigenvalue weighted by Gasteiger charge is -2.34. The zero-order valence-corrected chi connectivity index (χ0v) is 11.2. The maximum absolute atomic E-state index is 10.6. The average Bonchev–Trinajstić information content (AvgIpc) is 2.69. The second-order valence-electron chi connectivity index (χ2n) is 5.37. The summed E-state index contributed by atoms with van der Waals surface area (Å²) in [4.78, 5) is 0. The van der Waals surface area contributed by atoms with Crippen LogP contribution in [-0.4, -0.2) is 14.9 Å². The lowest BCUT2D eigenvalue weighted by atomic mass is 9.73. The molecule has 1 N–H and O–H groups in total. The van der Waals surface area contributed by atoms with Crippen molar-refractivity contribution in [1.29, 1.82) is 0 Å². The molecule has 0 aromatic carbocycles. The van der Waals surface area contributed by atoms with Crippen molar-refractivity contribution in [3.63, 3.8) is 0 Å². The second-order valence-corrected chi connectivity index (χ2v) is 5.37. The van der Waals surface area contributed by atoms with Crippen LogP contribution >= 0.6 is 0 Å². The Morgan fingerprint density at radius 3 is 2.76 bits per heavy atom. The Labute approximate surface area is 104 Å². The van der Waals surface area contributed by atoms with E-state index in [9.17, 15) is 5.11 Å². The standard InChI is InChI=1S/C14H24N2O/c1-4-11-7-5-6-8-12(11)14(17)13-9-15-16(3)10(13)2/h9,11-12,14,17H,4-8H2,1-3H3. The molecule has 0 aliphatic heterocycles. The van der Waals surface area contributed by atoms with Crippen molar-refractivity contribution in [1.82, 2.24) is 9.78 Å². The monoisotopic (exact) mass is 236 g/mol. The van der Waals surface area contributed by atoms with Crippen LogP contribution in [0.15, 0.2) is 6.20 Å². The maximum Gasteiger partial charge on any atom is 0.0853 e. The van der Waals surface area contributed by atoms with Gasteiger partial charge in [0, 0.05) is 18.3 Å². The van der Waals surface area contributed by atoms with Gasteiger partial charge in [0.05, 0.1) is 12.3 Å². The summed E-state index contributed by atoms with van der Waals surface area (Å²) in [5, 5.41) is 14.8. The Kier molecular flexibility index (Phi) is 3.87. The molecule has 1 saturated carbocycles. The molecule has 0 saturated heterocycles. The summed E-state index contributed by atoms with van der Waals surface area (Å²) < 4.78 is 1.85. The van der Waals surface area contributed by atoms with Crippen LogP contribution in [0.25, 0.3) is 0 Å². The molecule has 3 heteroatoms. The van der Waals surface area contributed by atoms with Crippen LogP contribution in [0.3, 0.4) is 0 Å². The van der Waals surface area contributed by atoms with Crippen LogP contribution in [0.1, 0.15) is 56.4 Å². The SMILES string of the molecule is CCC1CCCCC1C(O)c1cnn(C)c1C. The van der Waals surface area contributed by atoms with Gasteiger partial charge >= 0.3 is 0 Å². The van der Waals surface area contributed by atoms with Gasteiger partial charge in [0.1, 0.15) is 0 Å². The molecular weight excluding hydrogens is 212 g/mol. The summed E-state index contributed by atoms with van der Waals surface area (Å²) in [6.07, 6.45) is 7.72. The topological polar surface area (TPSA) is 38.1 Å². The zero-order valence-electron chi connectivity index (χ0n) is 11.2. The number of hydrogen-bond donors (Lipinski definition) is 1. The van der Waals surface area contributed by atoms with Crippen molar-refractivity contribution in [3.05, 3.63) is 17.5 Å². The molecule has 96 valence electrons. The molecule has 1 aliphatic rings. The van der Waals surface area contributed by atoms with E-state index < -0.39 is 0 Å². The van der Waals surface area contributed by atoms with E-state index in [2.05, 4.69) is 12.0 Å². The van der Waals surface area contributed by atoms with Crippen LogP contribution in [0.4, 0.5) is 0 Å². The fourth-order valence-corrected chi connectivity index (χ4v) is 3.20. The first kappa shape index (κ1) is 12.6. The van der Waals surface area contributed by atoms with Crippen molar-refractivity contribution in [2.24, 2.45) is 18.9 Å². The van der Waals surface area contributed by atoms with Gasteiger partial charge in [-0.3, -0.25) is 4.68 Å². The van der Waals surface area contributed by atoms with Crippen molar-refractivity contribution in [3.8, 4) is 0 Å². The molecule has 1 aromatic heterocycles. The molecule has 1 aliphatic carbocycles. The van der Waals surface area contributed by atoms with Gasteiger partial charge in [0.25, 0.3) is 0 Å². The molecule has 0 spiro atoms. The van der Waals surface area contributed by atoms with Crippen LogP contribution in [-0.2, 0) is 7.05 Å². The molecule has 0 amide bonds. The summed E-state index contributed by atoms with van der Waals surface area (Å²) in [6.45, 7) is 4.28. The third-order valence-corrected chi connectivity index (χ3v) is 4.49. The Bertz CT molecular complexity index is 372. The molecule has 3 atom stereocenters. The van der Waals surface area contributed by atoms with E-state index in [1.165, 1.54) is 25.7 Å². The third kappa shape index (κ3) is 2.39. The highest BCUT2D eigenvalue weighted by Crippen LogP contribution is 2.40. The molecule has 1 heterocycles. The summed E-state index contributed by atoms with van der Waals surface area (Å²) in [6, 6.07) is 0. The molecule has 0 radical (unpaired) electrons. The van der Waals surface area contributed by atoms with E-state index in [4.69, 9.17) is 0 Å². The highest BCUT2D eigenvalue weighted by Gasteiger charge is 2.31. The van der Waals surface area contributed by atoms with E-state index >= 15 is 0 Å². The number of hydrogen-bond acceptors (Lipinski definition) is 2. The third-order valence-electron chi connectivity index (χ3n) is 4.49. The molecule has 17 heavy (non-hydrogen) atoms. The quantitative estimate of drug-likeness (QED) is 0.876. The molecule has 1 fully saturated rings. The number of rotatable bonds is 3. The largest absolute Gasteiger partial charge is 0.388 e. The minimum Gasteiger partial charge on any atom is -0.388 e. The smallest absolute Gasteiger partial charge is 0.0853 e. The molecule has 3 unspecified atom stereocenters. The minimum atomic E-state index is -0.325. The van der Waals surface area contributed by atoms with Gasteiger partial charge in [-0.25, -0.2) is 0 Å². The van der Waals surface area contributed by atoms with Crippen molar-refractivity contribution < 1.29 is 5.11 Å². The summed E-state index contributed by atoms with van der Waals surface area (Å²) in [5.74, 6) is 1.11. The van der Waals surface area contributed by atoms with Crippen molar-refractivity contribution >= 4 is 0 Å². The van der Waals surface area contributed by atoms with E-state index in [1.54, 1.807) is 0 Å². The van der Waals surface area contributed by atoms with Crippen LogP contribution in [0, 0.1) is 18.8 Å². The predicted octanol–water partition coefficient (Wildman–Crippen LogP) is 2.98. The van der Waals surface area contributed by atoms with E-state index in [1.807, 2.05) is 24.9 Å². The number of nitrogens with zero attached hydrogens (tertiary/aromatic N) is 2. The first-order chi connectivity index (χ1) is 8.15. The number of aryl methyl sites for hydroxylation is 1. The summed E-state index contributed by atoms with van der Waals surface area (Å²) in [5.41, 5.74) is 2.12. The predicted molar refractivity (Wildman–Crippen MR) is 68.6 cm³/mol. The Hall–Kier alpha value is -0.830. The van der Waals surface area contributed by atoms with Crippen molar-refractivity contribution in [2.75, 3.05) is 0 Å². The van der Waals surface area contributed by atoms with Gasteiger partial charge in [0.2, 0.25) is 0 Å². The van der Waals surface area contributed by atoms with E-state index in [0.29, 0.717) is 11.8 Å². The highest BCUT2D eigenvalue weighted by molar-refractivity contribution is 5.20. The van der Waals surface area contributed by atoms with Crippen molar-refractivity contribution in [2.45, 2.75) is 52.1 Å². The van der Waals surface area contributed by atoms with E-state index in [0.717, 1.165) is 17.7 Å². The number of aliphatic hydroxyl groups excluding tert-OH is 1. The lowest BCUT2D eigenvalue weighted by Crippen LogP contribution is -2.25. The zero-order chi connectivity index (χ0) is 12.4. The number of aliphatic hydroxyl groups is 1. The van der Waals surface area contributed by atoms with Gasteiger partial charge in [-0.05, 0) is 25.2 Å². The van der Waals surface area contributed by atoms with Crippen LogP contribution < -0.4 is 0 Å². The van der Waals surface area contributed by atoms with Gasteiger partial charge in [0.15, 0.2) is 0 Å². The van der Waals surface area contributed by atoms with Crippen LogP contribution in [0.5, 0.6) is 0 Å².